The average molecular weight is 165 g/mol. The van der Waals surface area contributed by atoms with Gasteiger partial charge in [-0.1, -0.05) is 0 Å². The highest BCUT2D eigenvalue weighted by Crippen LogP contribution is 2.11. The van der Waals surface area contributed by atoms with Crippen LogP contribution in [0.5, 0.6) is 0 Å². The molecule has 0 saturated heterocycles. The standard InChI is InChI=1S/C8H8FN3/c1-5(11)8-7(9)2-6(3-10)4-12-8/h2,4-5H,11H2,1H3/t5-/m0/s1. The van der Waals surface area contributed by atoms with Crippen LogP contribution in [-0.2, 0) is 0 Å². The molecule has 0 aliphatic heterocycles. The van der Waals surface area contributed by atoms with Gasteiger partial charge in [0, 0.05) is 12.2 Å². The number of hydrogen-bond donors (Lipinski definition) is 1. The predicted octanol–water partition coefficient (Wildman–Crippen LogP) is 1.11. The molecular weight excluding hydrogens is 157 g/mol. The Hall–Kier alpha value is -1.47. The summed E-state index contributed by atoms with van der Waals surface area (Å²) >= 11 is 0. The summed E-state index contributed by atoms with van der Waals surface area (Å²) in [6.45, 7) is 1.64. The van der Waals surface area contributed by atoms with E-state index < -0.39 is 11.9 Å². The van der Waals surface area contributed by atoms with Gasteiger partial charge in [0.1, 0.15) is 11.9 Å². The van der Waals surface area contributed by atoms with E-state index in [1.807, 2.05) is 0 Å². The van der Waals surface area contributed by atoms with E-state index in [2.05, 4.69) is 4.98 Å². The van der Waals surface area contributed by atoms with Crippen LogP contribution in [0, 0.1) is 17.1 Å². The molecule has 12 heavy (non-hydrogen) atoms. The number of nitrogens with two attached hydrogens (primary N) is 1. The number of hydrogen-bond acceptors (Lipinski definition) is 3. The minimum Gasteiger partial charge on any atom is -0.323 e. The molecule has 0 aliphatic carbocycles. The fourth-order valence-electron chi connectivity index (χ4n) is 0.845. The van der Waals surface area contributed by atoms with E-state index in [-0.39, 0.29) is 11.3 Å². The molecule has 1 aromatic rings. The van der Waals surface area contributed by atoms with Crippen molar-refractivity contribution in [3.8, 4) is 6.07 Å². The van der Waals surface area contributed by atoms with Crippen LogP contribution in [0.1, 0.15) is 24.2 Å². The Bertz CT molecular complexity index is 328. The lowest BCUT2D eigenvalue weighted by Crippen LogP contribution is -2.09. The third-order valence-corrected chi connectivity index (χ3v) is 1.43. The first-order chi connectivity index (χ1) is 5.65. The van der Waals surface area contributed by atoms with Gasteiger partial charge in [0.15, 0.2) is 0 Å². The maximum atomic E-state index is 13.0. The number of nitrogens with zero attached hydrogens (tertiary/aromatic N) is 2. The van der Waals surface area contributed by atoms with Crippen molar-refractivity contribution in [1.82, 2.24) is 4.98 Å². The van der Waals surface area contributed by atoms with E-state index in [1.165, 1.54) is 6.20 Å². The highest BCUT2D eigenvalue weighted by Gasteiger charge is 2.08. The Morgan fingerprint density at radius 3 is 2.83 bits per heavy atom. The van der Waals surface area contributed by atoms with Crippen LogP contribution < -0.4 is 5.73 Å². The zero-order valence-electron chi connectivity index (χ0n) is 6.58. The lowest BCUT2D eigenvalue weighted by atomic mass is 10.2. The highest BCUT2D eigenvalue weighted by molar-refractivity contribution is 5.28. The van der Waals surface area contributed by atoms with Gasteiger partial charge in [-0.25, -0.2) is 4.39 Å². The quantitative estimate of drug-likeness (QED) is 0.678. The molecule has 0 unspecified atom stereocenters. The van der Waals surface area contributed by atoms with E-state index in [9.17, 15) is 4.39 Å². The summed E-state index contributed by atoms with van der Waals surface area (Å²) in [4.78, 5) is 3.73. The van der Waals surface area contributed by atoms with Crippen LogP contribution in [-0.4, -0.2) is 4.98 Å². The van der Waals surface area contributed by atoms with Crippen LogP contribution >= 0.6 is 0 Å². The van der Waals surface area contributed by atoms with Crippen LogP contribution in [0.15, 0.2) is 12.3 Å². The van der Waals surface area contributed by atoms with Gasteiger partial charge in [0.05, 0.1) is 11.3 Å². The molecule has 3 nitrogen and oxygen atoms in total. The van der Waals surface area contributed by atoms with E-state index in [1.54, 1.807) is 13.0 Å². The second-order valence-electron chi connectivity index (χ2n) is 2.49. The van der Waals surface area contributed by atoms with Crippen LogP contribution in [0.4, 0.5) is 4.39 Å². The maximum absolute atomic E-state index is 13.0. The first-order valence-corrected chi connectivity index (χ1v) is 3.46. The normalized spacial score (nSPS) is 12.2. The van der Waals surface area contributed by atoms with Crippen molar-refractivity contribution < 1.29 is 4.39 Å². The van der Waals surface area contributed by atoms with Crippen molar-refractivity contribution in [2.45, 2.75) is 13.0 Å². The molecule has 0 spiro atoms. The van der Waals surface area contributed by atoms with Crippen LogP contribution in [0.3, 0.4) is 0 Å². The summed E-state index contributed by atoms with van der Waals surface area (Å²) in [6, 6.07) is 2.47. The number of halogens is 1. The van der Waals surface area contributed by atoms with E-state index in [0.29, 0.717) is 0 Å². The Morgan fingerprint density at radius 2 is 2.42 bits per heavy atom. The maximum Gasteiger partial charge on any atom is 0.147 e. The molecule has 0 bridgehead atoms. The van der Waals surface area contributed by atoms with Gasteiger partial charge in [-0.3, -0.25) is 4.98 Å². The molecule has 4 heteroatoms. The number of rotatable bonds is 1. The van der Waals surface area contributed by atoms with Crippen LogP contribution in [0.2, 0.25) is 0 Å². The van der Waals surface area contributed by atoms with Crippen LogP contribution in [0.25, 0.3) is 0 Å². The first kappa shape index (κ1) is 8.62. The lowest BCUT2D eigenvalue weighted by molar-refractivity contribution is 0.578. The number of pyridine rings is 1. The molecule has 1 rings (SSSR count). The van der Waals surface area contributed by atoms with E-state index in [0.717, 1.165) is 6.07 Å². The molecule has 0 aromatic carbocycles. The SMILES string of the molecule is C[C@H](N)c1ncc(C#N)cc1F. The van der Waals surface area contributed by atoms with Crippen molar-refractivity contribution in [2.24, 2.45) is 5.73 Å². The van der Waals surface area contributed by atoms with Crippen molar-refractivity contribution >= 4 is 0 Å². The fraction of sp³-hybridized carbons (Fsp3) is 0.250. The molecule has 0 fully saturated rings. The number of nitriles is 1. The minimum absolute atomic E-state index is 0.189. The second-order valence-corrected chi connectivity index (χ2v) is 2.49. The predicted molar refractivity (Wildman–Crippen MR) is 41.5 cm³/mol. The highest BCUT2D eigenvalue weighted by atomic mass is 19.1. The average Bonchev–Trinajstić information content (AvgIpc) is 2.03. The van der Waals surface area contributed by atoms with Gasteiger partial charge in [0.25, 0.3) is 0 Å². The van der Waals surface area contributed by atoms with Gasteiger partial charge >= 0.3 is 0 Å². The molecule has 62 valence electrons. The monoisotopic (exact) mass is 165 g/mol. The zero-order valence-corrected chi connectivity index (χ0v) is 6.58. The van der Waals surface area contributed by atoms with Crippen molar-refractivity contribution in [3.05, 3.63) is 29.3 Å². The molecule has 0 saturated carbocycles. The Labute approximate surface area is 69.6 Å². The molecule has 0 radical (unpaired) electrons. The molecule has 1 heterocycles. The third kappa shape index (κ3) is 1.57. The topological polar surface area (TPSA) is 62.7 Å². The second kappa shape index (κ2) is 3.28. The van der Waals surface area contributed by atoms with Gasteiger partial charge in [-0.05, 0) is 13.0 Å². The molecule has 1 atom stereocenters. The Morgan fingerprint density at radius 1 is 1.75 bits per heavy atom. The van der Waals surface area contributed by atoms with Crippen molar-refractivity contribution in [3.63, 3.8) is 0 Å². The summed E-state index contributed by atoms with van der Waals surface area (Å²) in [5.74, 6) is -0.524. The van der Waals surface area contributed by atoms with Gasteiger partial charge in [0.2, 0.25) is 0 Å². The first-order valence-electron chi connectivity index (χ1n) is 3.46. The van der Waals surface area contributed by atoms with Crippen molar-refractivity contribution in [1.29, 1.82) is 5.26 Å². The van der Waals surface area contributed by atoms with Crippen molar-refractivity contribution in [2.75, 3.05) is 0 Å². The van der Waals surface area contributed by atoms with Gasteiger partial charge < -0.3 is 5.73 Å². The summed E-state index contributed by atoms with van der Waals surface area (Å²) in [5.41, 5.74) is 5.82. The lowest BCUT2D eigenvalue weighted by Gasteiger charge is -2.04. The molecule has 0 amide bonds. The number of aromatic nitrogens is 1. The summed E-state index contributed by atoms with van der Waals surface area (Å²) in [6.07, 6.45) is 1.31. The minimum atomic E-state index is -0.524. The smallest absolute Gasteiger partial charge is 0.147 e. The largest absolute Gasteiger partial charge is 0.323 e. The molecule has 1 aromatic heterocycles. The molecule has 2 N–H and O–H groups in total. The Kier molecular flexibility index (Phi) is 2.36. The summed E-state index contributed by atoms with van der Waals surface area (Å²) in [7, 11) is 0. The summed E-state index contributed by atoms with van der Waals surface area (Å²) < 4.78 is 13.0. The van der Waals surface area contributed by atoms with Gasteiger partial charge in [-0.15, -0.1) is 0 Å². The Balaban J connectivity index is 3.14. The van der Waals surface area contributed by atoms with Gasteiger partial charge in [-0.2, -0.15) is 5.26 Å². The summed E-state index contributed by atoms with van der Waals surface area (Å²) in [5, 5.41) is 8.40. The zero-order chi connectivity index (χ0) is 9.14. The molecular formula is C8H8FN3. The molecule has 0 aliphatic rings. The van der Waals surface area contributed by atoms with E-state index >= 15 is 0 Å². The fourth-order valence-corrected chi connectivity index (χ4v) is 0.845. The third-order valence-electron chi connectivity index (χ3n) is 1.43. The van der Waals surface area contributed by atoms with E-state index in [4.69, 9.17) is 11.0 Å².